The Morgan fingerprint density at radius 1 is 1.00 bits per heavy atom. The average Bonchev–Trinajstić information content (AvgIpc) is 2.43. The summed E-state index contributed by atoms with van der Waals surface area (Å²) in [6.45, 7) is 0. The molecule has 3 rings (SSSR count). The maximum atomic E-state index is 6.11. The summed E-state index contributed by atoms with van der Waals surface area (Å²) in [4.78, 5) is 4.26. The van der Waals surface area contributed by atoms with Crippen LogP contribution in [0.3, 0.4) is 0 Å². The lowest BCUT2D eigenvalue weighted by Gasteiger charge is -2.10. The smallest absolute Gasteiger partial charge is 0.146 e. The molecule has 0 bridgehead atoms. The molecule has 0 atom stereocenters. The van der Waals surface area contributed by atoms with Gasteiger partial charge >= 0.3 is 0 Å². The van der Waals surface area contributed by atoms with Crippen molar-refractivity contribution in [2.24, 2.45) is 0 Å². The Morgan fingerprint density at radius 2 is 1.85 bits per heavy atom. The average molecular weight is 305 g/mol. The number of halogens is 2. The maximum absolute atomic E-state index is 6.11. The summed E-state index contributed by atoms with van der Waals surface area (Å²) in [5.74, 6) is 1.18. The molecule has 0 spiro atoms. The van der Waals surface area contributed by atoms with Crippen molar-refractivity contribution in [1.82, 2.24) is 4.98 Å². The van der Waals surface area contributed by atoms with E-state index in [1.54, 1.807) is 36.5 Å². The van der Waals surface area contributed by atoms with Crippen molar-refractivity contribution in [1.29, 1.82) is 0 Å². The number of nitrogens with zero attached hydrogens (tertiary/aromatic N) is 1. The standard InChI is InChI=1S/C15H10Cl2N2O/c16-9-4-5-14(11(17)8-9)20-13-6-7-19-15-10(13)2-1-3-12(15)18/h1-8H,18H2. The van der Waals surface area contributed by atoms with Gasteiger partial charge in [0.15, 0.2) is 0 Å². The number of hydrogen-bond donors (Lipinski definition) is 1. The van der Waals surface area contributed by atoms with Crippen molar-refractivity contribution in [3.63, 3.8) is 0 Å². The van der Waals surface area contributed by atoms with Crippen LogP contribution >= 0.6 is 23.2 Å². The first-order valence-corrected chi connectivity index (χ1v) is 6.67. The lowest BCUT2D eigenvalue weighted by atomic mass is 10.2. The molecule has 0 aliphatic rings. The third-order valence-corrected chi connectivity index (χ3v) is 3.41. The van der Waals surface area contributed by atoms with Gasteiger partial charge in [0.25, 0.3) is 0 Å². The highest BCUT2D eigenvalue weighted by molar-refractivity contribution is 6.35. The first kappa shape index (κ1) is 13.0. The van der Waals surface area contributed by atoms with E-state index in [2.05, 4.69) is 4.98 Å². The molecule has 100 valence electrons. The predicted octanol–water partition coefficient (Wildman–Crippen LogP) is 4.92. The molecule has 20 heavy (non-hydrogen) atoms. The molecule has 0 amide bonds. The lowest BCUT2D eigenvalue weighted by molar-refractivity contribution is 0.488. The second-order valence-electron chi connectivity index (χ2n) is 4.23. The van der Waals surface area contributed by atoms with Gasteiger partial charge in [-0.1, -0.05) is 29.3 Å². The Hall–Kier alpha value is -1.97. The molecule has 3 nitrogen and oxygen atoms in total. The van der Waals surface area contributed by atoms with Gasteiger partial charge in [-0.25, -0.2) is 0 Å². The molecule has 0 unspecified atom stereocenters. The van der Waals surface area contributed by atoms with E-state index < -0.39 is 0 Å². The molecule has 2 N–H and O–H groups in total. The normalized spacial score (nSPS) is 10.7. The topological polar surface area (TPSA) is 48.1 Å². The number of nitrogen functional groups attached to an aromatic ring is 1. The van der Waals surface area contributed by atoms with Gasteiger partial charge < -0.3 is 10.5 Å². The third kappa shape index (κ3) is 2.38. The van der Waals surface area contributed by atoms with E-state index in [0.717, 1.165) is 5.39 Å². The SMILES string of the molecule is Nc1cccc2c(Oc3ccc(Cl)cc3Cl)ccnc12. The molecule has 5 heteroatoms. The van der Waals surface area contributed by atoms with E-state index in [-0.39, 0.29) is 0 Å². The Labute approximate surface area is 125 Å². The van der Waals surface area contributed by atoms with Crippen LogP contribution in [-0.2, 0) is 0 Å². The second kappa shape index (κ2) is 5.19. The Kier molecular flexibility index (Phi) is 3.38. The molecule has 1 aromatic heterocycles. The quantitative estimate of drug-likeness (QED) is 0.684. The highest BCUT2D eigenvalue weighted by Crippen LogP contribution is 2.35. The van der Waals surface area contributed by atoms with Gasteiger partial charge in [-0.15, -0.1) is 0 Å². The van der Waals surface area contributed by atoms with E-state index in [1.807, 2.05) is 12.1 Å². The minimum Gasteiger partial charge on any atom is -0.455 e. The lowest BCUT2D eigenvalue weighted by Crippen LogP contribution is -1.92. The Morgan fingerprint density at radius 3 is 2.65 bits per heavy atom. The summed E-state index contributed by atoms with van der Waals surface area (Å²) in [5.41, 5.74) is 7.22. The van der Waals surface area contributed by atoms with E-state index in [1.165, 1.54) is 0 Å². The van der Waals surface area contributed by atoms with Gasteiger partial charge in [-0.2, -0.15) is 0 Å². The summed E-state index contributed by atoms with van der Waals surface area (Å²) in [5, 5.41) is 1.84. The molecule has 2 aromatic carbocycles. The largest absolute Gasteiger partial charge is 0.455 e. The van der Waals surface area contributed by atoms with Crippen LogP contribution in [0.15, 0.2) is 48.7 Å². The maximum Gasteiger partial charge on any atom is 0.146 e. The van der Waals surface area contributed by atoms with Crippen molar-refractivity contribution in [3.8, 4) is 11.5 Å². The molecule has 0 radical (unpaired) electrons. The molecule has 1 heterocycles. The molecular formula is C15H10Cl2N2O. The highest BCUT2D eigenvalue weighted by Gasteiger charge is 2.09. The highest BCUT2D eigenvalue weighted by atomic mass is 35.5. The van der Waals surface area contributed by atoms with Crippen LogP contribution in [0.1, 0.15) is 0 Å². The van der Waals surface area contributed by atoms with Gasteiger partial charge in [0.1, 0.15) is 11.5 Å². The van der Waals surface area contributed by atoms with E-state index in [9.17, 15) is 0 Å². The summed E-state index contributed by atoms with van der Waals surface area (Å²) in [6.07, 6.45) is 1.65. The van der Waals surface area contributed by atoms with Crippen LogP contribution < -0.4 is 10.5 Å². The summed E-state index contributed by atoms with van der Waals surface area (Å²) in [6, 6.07) is 12.4. The number of aromatic nitrogens is 1. The van der Waals surface area contributed by atoms with Crippen molar-refractivity contribution in [2.45, 2.75) is 0 Å². The number of anilines is 1. The van der Waals surface area contributed by atoms with E-state index >= 15 is 0 Å². The van der Waals surface area contributed by atoms with E-state index in [4.69, 9.17) is 33.7 Å². The molecule has 3 aromatic rings. The van der Waals surface area contributed by atoms with Crippen molar-refractivity contribution >= 4 is 39.8 Å². The summed E-state index contributed by atoms with van der Waals surface area (Å²) >= 11 is 12.0. The number of fused-ring (bicyclic) bond motifs is 1. The first-order chi connectivity index (χ1) is 9.65. The minimum absolute atomic E-state index is 0.450. The van der Waals surface area contributed by atoms with E-state index in [0.29, 0.717) is 32.7 Å². The molecule has 0 aliphatic heterocycles. The van der Waals surface area contributed by atoms with Crippen LogP contribution in [-0.4, -0.2) is 4.98 Å². The molecule has 0 saturated carbocycles. The van der Waals surface area contributed by atoms with Gasteiger partial charge in [0.05, 0.1) is 16.2 Å². The van der Waals surface area contributed by atoms with Crippen LogP contribution in [0.25, 0.3) is 10.9 Å². The molecular weight excluding hydrogens is 295 g/mol. The van der Waals surface area contributed by atoms with Crippen molar-refractivity contribution in [2.75, 3.05) is 5.73 Å². The van der Waals surface area contributed by atoms with Gasteiger partial charge in [0.2, 0.25) is 0 Å². The second-order valence-corrected chi connectivity index (χ2v) is 5.07. The third-order valence-electron chi connectivity index (χ3n) is 2.88. The van der Waals surface area contributed by atoms with Crippen LogP contribution in [0.4, 0.5) is 5.69 Å². The number of ether oxygens (including phenoxy) is 1. The van der Waals surface area contributed by atoms with Crippen molar-refractivity contribution in [3.05, 3.63) is 58.7 Å². The fourth-order valence-corrected chi connectivity index (χ4v) is 2.39. The van der Waals surface area contributed by atoms with Gasteiger partial charge in [0, 0.05) is 16.6 Å². The number of pyridine rings is 1. The Bertz CT molecular complexity index is 790. The fourth-order valence-electron chi connectivity index (χ4n) is 1.94. The zero-order chi connectivity index (χ0) is 14.1. The van der Waals surface area contributed by atoms with Crippen LogP contribution in [0.5, 0.6) is 11.5 Å². The zero-order valence-electron chi connectivity index (χ0n) is 10.3. The number of rotatable bonds is 2. The monoisotopic (exact) mass is 304 g/mol. The molecule has 0 aliphatic carbocycles. The Balaban J connectivity index is 2.09. The van der Waals surface area contributed by atoms with Crippen molar-refractivity contribution < 1.29 is 4.74 Å². The number of nitrogens with two attached hydrogens (primary N) is 1. The van der Waals surface area contributed by atoms with Gasteiger partial charge in [-0.05, 0) is 36.4 Å². The fraction of sp³-hybridized carbons (Fsp3) is 0. The summed E-state index contributed by atoms with van der Waals surface area (Å²) < 4.78 is 5.85. The summed E-state index contributed by atoms with van der Waals surface area (Å²) in [7, 11) is 0. The molecule has 0 saturated heterocycles. The van der Waals surface area contributed by atoms with Crippen LogP contribution in [0.2, 0.25) is 10.0 Å². The zero-order valence-corrected chi connectivity index (χ0v) is 11.8. The predicted molar refractivity (Wildman–Crippen MR) is 82.7 cm³/mol. The first-order valence-electron chi connectivity index (χ1n) is 5.91. The van der Waals surface area contributed by atoms with Gasteiger partial charge in [-0.3, -0.25) is 4.98 Å². The molecule has 0 fully saturated rings. The number of benzene rings is 2. The minimum atomic E-state index is 0.450. The number of hydrogen-bond acceptors (Lipinski definition) is 3. The van der Waals surface area contributed by atoms with Crippen LogP contribution in [0, 0.1) is 0 Å². The number of para-hydroxylation sites is 1.